The molecule has 1 aromatic rings. The van der Waals surface area contributed by atoms with E-state index >= 15 is 0 Å². The molecule has 2 aliphatic carbocycles. The van der Waals surface area contributed by atoms with Gasteiger partial charge in [0.15, 0.2) is 0 Å². The molecule has 0 radical (unpaired) electrons. The average molecular weight is 304 g/mol. The van der Waals surface area contributed by atoms with Crippen LogP contribution in [-0.4, -0.2) is 15.8 Å². The van der Waals surface area contributed by atoms with Gasteiger partial charge in [0.2, 0.25) is 0 Å². The highest BCUT2D eigenvalue weighted by atomic mass is 32.2. The van der Waals surface area contributed by atoms with Gasteiger partial charge < -0.3 is 5.11 Å². The van der Waals surface area contributed by atoms with Crippen LogP contribution in [0.5, 0.6) is 0 Å². The zero-order chi connectivity index (χ0) is 14.9. The number of carbonyl (C=O) groups is 1. The van der Waals surface area contributed by atoms with Crippen molar-refractivity contribution in [3.05, 3.63) is 29.8 Å². The first kappa shape index (κ1) is 15.0. The first-order valence-corrected chi connectivity index (χ1v) is 8.85. The highest BCUT2D eigenvalue weighted by Crippen LogP contribution is 2.62. The van der Waals surface area contributed by atoms with E-state index in [1.165, 1.54) is 44.1 Å². The second kappa shape index (κ2) is 5.68. The maximum atomic E-state index is 11.9. The molecular formula is C18H24O2S. The van der Waals surface area contributed by atoms with Gasteiger partial charge in [-0.3, -0.25) is 4.79 Å². The molecule has 1 aromatic carbocycles. The Bertz CT molecular complexity index is 505. The molecule has 0 unspecified atom stereocenters. The van der Waals surface area contributed by atoms with Crippen molar-refractivity contribution in [1.82, 2.24) is 0 Å². The van der Waals surface area contributed by atoms with Crippen LogP contribution in [0.25, 0.3) is 0 Å². The lowest BCUT2D eigenvalue weighted by Crippen LogP contribution is -2.54. The molecule has 0 heterocycles. The van der Waals surface area contributed by atoms with E-state index in [4.69, 9.17) is 0 Å². The highest BCUT2D eigenvalue weighted by molar-refractivity contribution is 8.01. The average Bonchev–Trinajstić information content (AvgIpc) is 2.66. The van der Waals surface area contributed by atoms with Crippen LogP contribution < -0.4 is 0 Å². The maximum absolute atomic E-state index is 11.9. The van der Waals surface area contributed by atoms with Gasteiger partial charge in [0.25, 0.3) is 0 Å². The summed E-state index contributed by atoms with van der Waals surface area (Å²) in [5.74, 6) is -0.622. The lowest BCUT2D eigenvalue weighted by atomic mass is 9.58. The van der Waals surface area contributed by atoms with Crippen molar-refractivity contribution in [2.45, 2.75) is 67.9 Å². The number of carboxylic acid groups (broad SMARTS) is 1. The molecule has 21 heavy (non-hydrogen) atoms. The van der Waals surface area contributed by atoms with E-state index in [1.807, 2.05) is 0 Å². The van der Waals surface area contributed by atoms with Crippen molar-refractivity contribution < 1.29 is 9.90 Å². The Balaban J connectivity index is 1.74. The predicted octanol–water partition coefficient (Wildman–Crippen LogP) is 5.04. The predicted molar refractivity (Wildman–Crippen MR) is 86.8 cm³/mol. The van der Waals surface area contributed by atoms with Gasteiger partial charge in [-0.2, -0.15) is 0 Å². The first-order valence-electron chi connectivity index (χ1n) is 8.03. The van der Waals surface area contributed by atoms with Crippen molar-refractivity contribution in [1.29, 1.82) is 0 Å². The molecule has 2 nitrogen and oxygen atoms in total. The van der Waals surface area contributed by atoms with Gasteiger partial charge >= 0.3 is 5.97 Å². The van der Waals surface area contributed by atoms with Crippen molar-refractivity contribution in [3.8, 4) is 0 Å². The molecule has 1 N–H and O–H groups in total. The van der Waals surface area contributed by atoms with Gasteiger partial charge in [-0.1, -0.05) is 43.4 Å². The Morgan fingerprint density at radius 1 is 1.05 bits per heavy atom. The van der Waals surface area contributed by atoms with E-state index in [-0.39, 0.29) is 0 Å². The van der Waals surface area contributed by atoms with Gasteiger partial charge in [-0.25, -0.2) is 0 Å². The first-order chi connectivity index (χ1) is 10.0. The summed E-state index contributed by atoms with van der Waals surface area (Å²) in [6.45, 7) is 2.06. The fourth-order valence-corrected chi connectivity index (χ4v) is 5.66. The minimum atomic E-state index is -0.622. The number of benzene rings is 1. The third-order valence-corrected chi connectivity index (χ3v) is 6.57. The monoisotopic (exact) mass is 304 g/mol. The molecular weight excluding hydrogens is 280 g/mol. The van der Waals surface area contributed by atoms with Crippen molar-refractivity contribution >= 4 is 17.7 Å². The molecule has 0 saturated heterocycles. The standard InChI is InChI=1S/C18H24O2S/c1-14-6-8-15(9-7-14)21-18(16(19)20)12-17(13-18)10-4-2-3-5-11-17/h6-9H,2-5,10-13H2,1H3,(H,19,20). The Labute approximate surface area is 131 Å². The molecule has 3 heteroatoms. The van der Waals surface area contributed by atoms with Crippen LogP contribution >= 0.6 is 11.8 Å². The Morgan fingerprint density at radius 3 is 2.14 bits per heavy atom. The molecule has 0 amide bonds. The van der Waals surface area contributed by atoms with Crippen LogP contribution in [0.15, 0.2) is 29.2 Å². The van der Waals surface area contributed by atoms with E-state index in [2.05, 4.69) is 31.2 Å². The molecule has 3 rings (SSSR count). The lowest BCUT2D eigenvalue weighted by molar-refractivity contribution is -0.147. The summed E-state index contributed by atoms with van der Waals surface area (Å²) in [7, 11) is 0. The van der Waals surface area contributed by atoms with Crippen molar-refractivity contribution in [2.75, 3.05) is 0 Å². The molecule has 2 aliphatic rings. The van der Waals surface area contributed by atoms with Crippen molar-refractivity contribution in [2.24, 2.45) is 5.41 Å². The van der Waals surface area contributed by atoms with Crippen molar-refractivity contribution in [3.63, 3.8) is 0 Å². The van der Waals surface area contributed by atoms with Gasteiger partial charge in [0.1, 0.15) is 4.75 Å². The SMILES string of the molecule is Cc1ccc(SC2(C(=O)O)CC3(CCCCCC3)C2)cc1. The van der Waals surface area contributed by atoms with Crippen LogP contribution in [0.2, 0.25) is 0 Å². The maximum Gasteiger partial charge on any atom is 0.320 e. The topological polar surface area (TPSA) is 37.3 Å². The molecule has 0 aliphatic heterocycles. The van der Waals surface area contributed by atoms with E-state index in [0.29, 0.717) is 5.41 Å². The fraction of sp³-hybridized carbons (Fsp3) is 0.611. The highest BCUT2D eigenvalue weighted by Gasteiger charge is 2.59. The van der Waals surface area contributed by atoms with Crippen LogP contribution in [0.3, 0.4) is 0 Å². The van der Waals surface area contributed by atoms with E-state index in [1.54, 1.807) is 11.8 Å². The second-order valence-corrected chi connectivity index (χ2v) is 8.44. The molecule has 2 saturated carbocycles. The largest absolute Gasteiger partial charge is 0.480 e. The van der Waals surface area contributed by atoms with Gasteiger partial charge in [-0.15, -0.1) is 11.8 Å². The zero-order valence-electron chi connectivity index (χ0n) is 12.7. The van der Waals surface area contributed by atoms with E-state index in [0.717, 1.165) is 17.7 Å². The normalized spacial score (nSPS) is 23.3. The van der Waals surface area contributed by atoms with Crippen LogP contribution in [-0.2, 0) is 4.79 Å². The molecule has 1 spiro atoms. The minimum absolute atomic E-state index is 0.326. The minimum Gasteiger partial charge on any atom is -0.480 e. The molecule has 0 atom stereocenters. The Kier molecular flexibility index (Phi) is 4.04. The second-order valence-electron chi connectivity index (χ2n) is 6.98. The lowest BCUT2D eigenvalue weighted by Gasteiger charge is -2.53. The number of hydrogen-bond donors (Lipinski definition) is 1. The third kappa shape index (κ3) is 2.98. The molecule has 114 valence electrons. The molecule has 0 bridgehead atoms. The summed E-state index contributed by atoms with van der Waals surface area (Å²) in [5, 5.41) is 9.76. The van der Waals surface area contributed by atoms with E-state index in [9.17, 15) is 9.90 Å². The Morgan fingerprint density at radius 2 is 1.62 bits per heavy atom. The fourth-order valence-electron chi connectivity index (χ4n) is 4.09. The number of hydrogen-bond acceptors (Lipinski definition) is 2. The van der Waals surface area contributed by atoms with E-state index < -0.39 is 10.7 Å². The third-order valence-electron chi connectivity index (χ3n) is 5.21. The number of aryl methyl sites for hydroxylation is 1. The molecule has 0 aromatic heterocycles. The summed E-state index contributed by atoms with van der Waals surface area (Å²) < 4.78 is -0.584. The number of carboxylic acids is 1. The summed E-state index contributed by atoms with van der Waals surface area (Å²) in [4.78, 5) is 13.0. The Hall–Kier alpha value is -0.960. The van der Waals surface area contributed by atoms with Crippen LogP contribution in [0.4, 0.5) is 0 Å². The molecule has 2 fully saturated rings. The summed E-state index contributed by atoms with van der Waals surface area (Å²) >= 11 is 1.57. The quantitative estimate of drug-likeness (QED) is 0.849. The van der Waals surface area contributed by atoms with Gasteiger partial charge in [0, 0.05) is 4.90 Å². The summed E-state index contributed by atoms with van der Waals surface area (Å²) in [6, 6.07) is 8.25. The van der Waals surface area contributed by atoms with Gasteiger partial charge in [0.05, 0.1) is 0 Å². The number of thioether (sulfide) groups is 1. The van der Waals surface area contributed by atoms with Gasteiger partial charge in [-0.05, 0) is 50.2 Å². The summed E-state index contributed by atoms with van der Waals surface area (Å²) in [5.41, 5.74) is 1.55. The summed E-state index contributed by atoms with van der Waals surface area (Å²) in [6.07, 6.45) is 9.39. The smallest absolute Gasteiger partial charge is 0.320 e. The van der Waals surface area contributed by atoms with Crippen LogP contribution in [0.1, 0.15) is 56.9 Å². The zero-order valence-corrected chi connectivity index (χ0v) is 13.5. The number of rotatable bonds is 3. The van der Waals surface area contributed by atoms with Crippen LogP contribution in [0, 0.1) is 12.3 Å². The number of aliphatic carboxylic acids is 1.